The molecule has 19 heavy (non-hydrogen) atoms. The molecule has 3 nitrogen and oxygen atoms in total. The van der Waals surface area contributed by atoms with Crippen molar-refractivity contribution in [2.24, 2.45) is 0 Å². The molecular weight excluding hydrogens is 256 g/mol. The second-order valence-corrected chi connectivity index (χ2v) is 6.29. The number of fused-ring (bicyclic) bond motifs is 1. The van der Waals surface area contributed by atoms with Gasteiger partial charge in [0.2, 0.25) is 0 Å². The average molecular weight is 276 g/mol. The first-order valence-electron chi connectivity index (χ1n) is 6.96. The number of methoxy groups -OCH3 is 1. The number of hydrogen-bond acceptors (Lipinski definition) is 4. The molecule has 1 N–H and O–H groups in total. The summed E-state index contributed by atoms with van der Waals surface area (Å²) in [6, 6.07) is 8.91. The summed E-state index contributed by atoms with van der Waals surface area (Å²) in [5.74, 6) is 0. The molecule has 2 unspecified atom stereocenters. The number of nitrogens with one attached hydrogen (secondary N) is 1. The molecule has 1 aliphatic rings. The Morgan fingerprint density at radius 3 is 3.11 bits per heavy atom. The molecule has 2 aromatic rings. The number of ether oxygens (including phenoxy) is 1. The van der Waals surface area contributed by atoms with Crippen molar-refractivity contribution in [1.29, 1.82) is 0 Å². The molecule has 2 atom stereocenters. The third kappa shape index (κ3) is 3.14. The van der Waals surface area contributed by atoms with Crippen LogP contribution >= 0.6 is 11.3 Å². The minimum absolute atomic E-state index is 0.432. The number of para-hydroxylation sites is 1. The minimum atomic E-state index is 0.432. The highest BCUT2D eigenvalue weighted by Crippen LogP contribution is 2.23. The van der Waals surface area contributed by atoms with Crippen LogP contribution in [0.1, 0.15) is 30.7 Å². The van der Waals surface area contributed by atoms with Crippen LogP contribution in [-0.2, 0) is 11.3 Å². The summed E-state index contributed by atoms with van der Waals surface area (Å²) in [5, 5.41) is 4.81. The van der Waals surface area contributed by atoms with Crippen molar-refractivity contribution < 1.29 is 4.74 Å². The normalized spacial score (nSPS) is 23.8. The summed E-state index contributed by atoms with van der Waals surface area (Å²) in [6.45, 7) is 0.875. The van der Waals surface area contributed by atoms with E-state index in [9.17, 15) is 0 Å². The van der Waals surface area contributed by atoms with Gasteiger partial charge in [-0.3, -0.25) is 0 Å². The van der Waals surface area contributed by atoms with E-state index in [1.54, 1.807) is 11.3 Å². The summed E-state index contributed by atoms with van der Waals surface area (Å²) in [4.78, 5) is 4.66. The summed E-state index contributed by atoms with van der Waals surface area (Å²) in [7, 11) is 1.82. The lowest BCUT2D eigenvalue weighted by Gasteiger charge is -2.28. The number of hydrogen-bond donors (Lipinski definition) is 1. The Morgan fingerprint density at radius 2 is 2.26 bits per heavy atom. The maximum Gasteiger partial charge on any atom is 0.108 e. The van der Waals surface area contributed by atoms with Gasteiger partial charge in [0.15, 0.2) is 0 Å². The Kier molecular flexibility index (Phi) is 4.11. The SMILES string of the molecule is COC1CCCC(NCc2nc3ccccc3s2)C1. The van der Waals surface area contributed by atoms with Gasteiger partial charge in [-0.25, -0.2) is 4.98 Å². The summed E-state index contributed by atoms with van der Waals surface area (Å²) < 4.78 is 6.74. The topological polar surface area (TPSA) is 34.1 Å². The predicted octanol–water partition coefficient (Wildman–Crippen LogP) is 3.34. The Bertz CT molecular complexity index is 507. The molecule has 0 aliphatic heterocycles. The zero-order chi connectivity index (χ0) is 13.1. The van der Waals surface area contributed by atoms with Crippen LogP contribution in [0.2, 0.25) is 0 Å². The van der Waals surface area contributed by atoms with Crippen LogP contribution in [0.5, 0.6) is 0 Å². The first-order chi connectivity index (χ1) is 9.35. The number of aromatic nitrogens is 1. The maximum absolute atomic E-state index is 5.47. The summed E-state index contributed by atoms with van der Waals surface area (Å²) >= 11 is 1.79. The molecule has 0 bridgehead atoms. The van der Waals surface area contributed by atoms with Gasteiger partial charge in [-0.15, -0.1) is 11.3 Å². The van der Waals surface area contributed by atoms with Crippen molar-refractivity contribution in [3.8, 4) is 0 Å². The Balaban J connectivity index is 1.59. The van der Waals surface area contributed by atoms with Gasteiger partial charge in [-0.05, 0) is 37.8 Å². The van der Waals surface area contributed by atoms with Crippen LogP contribution in [0.4, 0.5) is 0 Å². The molecule has 1 saturated carbocycles. The fraction of sp³-hybridized carbons (Fsp3) is 0.533. The van der Waals surface area contributed by atoms with Crippen molar-refractivity contribution in [3.63, 3.8) is 0 Å². The molecule has 1 fully saturated rings. The van der Waals surface area contributed by atoms with Crippen molar-refractivity contribution >= 4 is 21.6 Å². The van der Waals surface area contributed by atoms with Crippen LogP contribution in [0.15, 0.2) is 24.3 Å². The van der Waals surface area contributed by atoms with Gasteiger partial charge in [0, 0.05) is 19.7 Å². The molecule has 102 valence electrons. The Labute approximate surface area is 118 Å². The largest absolute Gasteiger partial charge is 0.381 e. The molecule has 4 heteroatoms. The maximum atomic E-state index is 5.47. The Hall–Kier alpha value is -0.970. The second kappa shape index (κ2) is 5.99. The van der Waals surface area contributed by atoms with Gasteiger partial charge >= 0.3 is 0 Å². The molecule has 0 spiro atoms. The van der Waals surface area contributed by atoms with Gasteiger partial charge in [0.05, 0.1) is 16.3 Å². The molecule has 1 aromatic heterocycles. The predicted molar refractivity (Wildman–Crippen MR) is 79.5 cm³/mol. The van der Waals surface area contributed by atoms with Crippen LogP contribution < -0.4 is 5.32 Å². The average Bonchev–Trinajstić information content (AvgIpc) is 2.88. The number of nitrogens with zero attached hydrogens (tertiary/aromatic N) is 1. The molecule has 1 aliphatic carbocycles. The monoisotopic (exact) mass is 276 g/mol. The molecule has 0 radical (unpaired) electrons. The number of benzene rings is 1. The van der Waals surface area contributed by atoms with E-state index in [1.807, 2.05) is 13.2 Å². The lowest BCUT2D eigenvalue weighted by atomic mass is 9.93. The van der Waals surface area contributed by atoms with E-state index in [2.05, 4.69) is 28.5 Å². The fourth-order valence-corrected chi connectivity index (χ4v) is 3.69. The highest BCUT2D eigenvalue weighted by molar-refractivity contribution is 7.18. The van der Waals surface area contributed by atoms with E-state index in [0.717, 1.165) is 18.5 Å². The van der Waals surface area contributed by atoms with E-state index in [0.29, 0.717) is 12.1 Å². The molecule has 0 saturated heterocycles. The number of thiazole rings is 1. The molecular formula is C15H20N2OS. The summed E-state index contributed by atoms with van der Waals surface area (Å²) in [6.07, 6.45) is 5.28. The second-order valence-electron chi connectivity index (χ2n) is 5.18. The van der Waals surface area contributed by atoms with Crippen LogP contribution in [0.3, 0.4) is 0 Å². The van der Waals surface area contributed by atoms with Crippen molar-refractivity contribution in [2.75, 3.05) is 7.11 Å². The first kappa shape index (κ1) is 13.0. The van der Waals surface area contributed by atoms with E-state index in [1.165, 1.54) is 29.0 Å². The molecule has 3 rings (SSSR count). The van der Waals surface area contributed by atoms with Gasteiger partial charge in [0.25, 0.3) is 0 Å². The van der Waals surface area contributed by atoms with Gasteiger partial charge in [-0.1, -0.05) is 12.1 Å². The van der Waals surface area contributed by atoms with Gasteiger partial charge < -0.3 is 10.1 Å². The van der Waals surface area contributed by atoms with Gasteiger partial charge in [-0.2, -0.15) is 0 Å². The van der Waals surface area contributed by atoms with Crippen molar-refractivity contribution in [3.05, 3.63) is 29.3 Å². The van der Waals surface area contributed by atoms with E-state index >= 15 is 0 Å². The third-order valence-electron chi connectivity index (χ3n) is 3.84. The summed E-state index contributed by atoms with van der Waals surface area (Å²) in [5.41, 5.74) is 1.11. The van der Waals surface area contributed by atoms with E-state index < -0.39 is 0 Å². The lowest BCUT2D eigenvalue weighted by Crippen LogP contribution is -2.36. The Morgan fingerprint density at radius 1 is 1.37 bits per heavy atom. The number of rotatable bonds is 4. The third-order valence-corrected chi connectivity index (χ3v) is 4.88. The lowest BCUT2D eigenvalue weighted by molar-refractivity contribution is 0.0586. The highest BCUT2D eigenvalue weighted by atomic mass is 32.1. The van der Waals surface area contributed by atoms with Gasteiger partial charge in [0.1, 0.15) is 5.01 Å². The smallest absolute Gasteiger partial charge is 0.108 e. The zero-order valence-corrected chi connectivity index (χ0v) is 12.1. The van der Waals surface area contributed by atoms with E-state index in [4.69, 9.17) is 4.74 Å². The van der Waals surface area contributed by atoms with Crippen LogP contribution in [-0.4, -0.2) is 24.2 Å². The quantitative estimate of drug-likeness (QED) is 0.930. The minimum Gasteiger partial charge on any atom is -0.381 e. The standard InChI is InChI=1S/C15H20N2OS/c1-18-12-6-4-5-11(9-12)16-10-15-17-13-7-2-3-8-14(13)19-15/h2-3,7-8,11-12,16H,4-6,9-10H2,1H3. The molecule has 1 aromatic carbocycles. The molecule has 1 heterocycles. The highest BCUT2D eigenvalue weighted by Gasteiger charge is 2.21. The van der Waals surface area contributed by atoms with E-state index in [-0.39, 0.29) is 0 Å². The zero-order valence-electron chi connectivity index (χ0n) is 11.3. The van der Waals surface area contributed by atoms with Crippen LogP contribution in [0, 0.1) is 0 Å². The van der Waals surface area contributed by atoms with Crippen molar-refractivity contribution in [2.45, 2.75) is 44.4 Å². The van der Waals surface area contributed by atoms with Crippen LogP contribution in [0.25, 0.3) is 10.2 Å². The molecule has 0 amide bonds. The first-order valence-corrected chi connectivity index (χ1v) is 7.77. The fourth-order valence-electron chi connectivity index (χ4n) is 2.77. The van der Waals surface area contributed by atoms with Crippen molar-refractivity contribution in [1.82, 2.24) is 10.3 Å².